The molecule has 1 aliphatic rings. The van der Waals surface area contributed by atoms with Crippen molar-refractivity contribution >= 4 is 0 Å². The van der Waals surface area contributed by atoms with E-state index in [1.165, 1.54) is 0 Å². The fourth-order valence-corrected chi connectivity index (χ4v) is 1.19. The highest BCUT2D eigenvalue weighted by molar-refractivity contribution is 4.84. The molecule has 1 rings (SSSR count). The zero-order chi connectivity index (χ0) is 8.43. The fraction of sp³-hybridized carbons (Fsp3) is 1.00. The van der Waals surface area contributed by atoms with E-state index in [4.69, 9.17) is 9.84 Å². The van der Waals surface area contributed by atoms with Gasteiger partial charge in [0.1, 0.15) is 12.2 Å². The third-order valence-corrected chi connectivity index (χ3v) is 2.07. The average Bonchev–Trinajstić information content (AvgIpc) is 2.01. The minimum absolute atomic E-state index is 0.0622. The lowest BCUT2D eigenvalue weighted by Crippen LogP contribution is -2.50. The van der Waals surface area contributed by atoms with E-state index in [0.29, 0.717) is 6.61 Å². The highest BCUT2D eigenvalue weighted by Gasteiger charge is 2.35. The summed E-state index contributed by atoms with van der Waals surface area (Å²) in [6, 6.07) is 0. The number of rotatable bonds is 1. The maximum Gasteiger partial charge on any atom is 0.109 e. The molecule has 0 spiro atoms. The summed E-state index contributed by atoms with van der Waals surface area (Å²) in [7, 11) is 0. The van der Waals surface area contributed by atoms with Crippen LogP contribution < -0.4 is 0 Å². The zero-order valence-electron chi connectivity index (χ0n) is 6.47. The second kappa shape index (κ2) is 3.49. The SMILES string of the molecule is CC1COC(CO)[C@H](O)C1O. The topological polar surface area (TPSA) is 69.9 Å². The van der Waals surface area contributed by atoms with Crippen molar-refractivity contribution in [2.75, 3.05) is 13.2 Å². The molecule has 0 bridgehead atoms. The minimum atomic E-state index is -0.955. The molecule has 0 aromatic rings. The molecule has 11 heavy (non-hydrogen) atoms. The van der Waals surface area contributed by atoms with Gasteiger partial charge in [-0.1, -0.05) is 6.92 Å². The Balaban J connectivity index is 2.52. The molecular formula is C7H14O4. The van der Waals surface area contributed by atoms with Crippen LogP contribution in [0.3, 0.4) is 0 Å². The fourth-order valence-electron chi connectivity index (χ4n) is 1.19. The van der Waals surface area contributed by atoms with E-state index in [1.54, 1.807) is 6.92 Å². The first-order valence-electron chi connectivity index (χ1n) is 3.75. The van der Waals surface area contributed by atoms with Crippen LogP contribution in [0.4, 0.5) is 0 Å². The van der Waals surface area contributed by atoms with Gasteiger partial charge in [0.2, 0.25) is 0 Å². The van der Waals surface area contributed by atoms with Crippen molar-refractivity contribution < 1.29 is 20.1 Å². The summed E-state index contributed by atoms with van der Waals surface area (Å²) >= 11 is 0. The molecule has 0 aromatic heterocycles. The van der Waals surface area contributed by atoms with Gasteiger partial charge in [-0.3, -0.25) is 0 Å². The van der Waals surface area contributed by atoms with Crippen LogP contribution in [0.5, 0.6) is 0 Å². The van der Waals surface area contributed by atoms with Crippen molar-refractivity contribution in [1.29, 1.82) is 0 Å². The van der Waals surface area contributed by atoms with Crippen LogP contribution in [0.1, 0.15) is 6.92 Å². The Bertz CT molecular complexity index is 126. The first-order valence-corrected chi connectivity index (χ1v) is 3.75. The Hall–Kier alpha value is -0.160. The molecule has 3 N–H and O–H groups in total. The summed E-state index contributed by atoms with van der Waals surface area (Å²) in [5.74, 6) is -0.0622. The molecule has 3 unspecified atom stereocenters. The first kappa shape index (κ1) is 8.93. The highest BCUT2D eigenvalue weighted by Crippen LogP contribution is 2.19. The van der Waals surface area contributed by atoms with Gasteiger partial charge in [-0.25, -0.2) is 0 Å². The highest BCUT2D eigenvalue weighted by atomic mass is 16.5. The van der Waals surface area contributed by atoms with Gasteiger partial charge in [-0.2, -0.15) is 0 Å². The normalized spacial score (nSPS) is 45.8. The number of aliphatic hydroxyl groups is 3. The van der Waals surface area contributed by atoms with Crippen LogP contribution in [0.2, 0.25) is 0 Å². The smallest absolute Gasteiger partial charge is 0.109 e. The molecule has 0 amide bonds. The number of ether oxygens (including phenoxy) is 1. The maximum absolute atomic E-state index is 9.31. The Morgan fingerprint density at radius 3 is 2.55 bits per heavy atom. The van der Waals surface area contributed by atoms with Crippen LogP contribution in [0.25, 0.3) is 0 Å². The molecule has 1 aliphatic heterocycles. The van der Waals surface area contributed by atoms with E-state index in [2.05, 4.69) is 0 Å². The molecule has 0 aliphatic carbocycles. The average molecular weight is 162 g/mol. The van der Waals surface area contributed by atoms with Gasteiger partial charge in [-0.05, 0) is 0 Å². The number of hydrogen-bond donors (Lipinski definition) is 3. The molecule has 66 valence electrons. The molecule has 1 fully saturated rings. The summed E-state index contributed by atoms with van der Waals surface area (Å²) in [4.78, 5) is 0. The van der Waals surface area contributed by atoms with Crippen LogP contribution in [-0.4, -0.2) is 46.8 Å². The van der Waals surface area contributed by atoms with E-state index in [1.807, 2.05) is 0 Å². The van der Waals surface area contributed by atoms with Crippen LogP contribution >= 0.6 is 0 Å². The lowest BCUT2D eigenvalue weighted by molar-refractivity contribution is -0.170. The summed E-state index contributed by atoms with van der Waals surface area (Å²) < 4.78 is 5.06. The Kier molecular flexibility index (Phi) is 2.84. The van der Waals surface area contributed by atoms with E-state index in [-0.39, 0.29) is 12.5 Å². The van der Waals surface area contributed by atoms with Crippen molar-refractivity contribution in [2.24, 2.45) is 5.92 Å². The first-order chi connectivity index (χ1) is 5.16. The summed E-state index contributed by atoms with van der Waals surface area (Å²) in [6.45, 7) is 1.94. The van der Waals surface area contributed by atoms with Crippen LogP contribution in [-0.2, 0) is 4.74 Å². The second-order valence-corrected chi connectivity index (χ2v) is 3.01. The minimum Gasteiger partial charge on any atom is -0.394 e. The van der Waals surface area contributed by atoms with Crippen LogP contribution in [0, 0.1) is 5.92 Å². The van der Waals surface area contributed by atoms with E-state index < -0.39 is 18.3 Å². The molecular weight excluding hydrogens is 148 g/mol. The Morgan fingerprint density at radius 2 is 2.00 bits per heavy atom. The largest absolute Gasteiger partial charge is 0.394 e. The quantitative estimate of drug-likeness (QED) is 0.450. The number of aliphatic hydroxyl groups excluding tert-OH is 3. The van der Waals surface area contributed by atoms with Crippen molar-refractivity contribution in [3.05, 3.63) is 0 Å². The number of hydrogen-bond acceptors (Lipinski definition) is 4. The van der Waals surface area contributed by atoms with Crippen molar-refractivity contribution in [1.82, 2.24) is 0 Å². The summed E-state index contributed by atoms with van der Waals surface area (Å²) in [5, 5.41) is 27.2. The summed E-state index contributed by atoms with van der Waals surface area (Å²) in [6.07, 6.45) is -2.36. The molecule has 1 saturated heterocycles. The molecule has 0 radical (unpaired) electrons. The Labute approximate surface area is 65.4 Å². The monoisotopic (exact) mass is 162 g/mol. The van der Waals surface area contributed by atoms with Crippen molar-refractivity contribution in [3.63, 3.8) is 0 Å². The van der Waals surface area contributed by atoms with Crippen LogP contribution in [0.15, 0.2) is 0 Å². The van der Waals surface area contributed by atoms with Gasteiger partial charge in [0.15, 0.2) is 0 Å². The third kappa shape index (κ3) is 1.70. The van der Waals surface area contributed by atoms with Gasteiger partial charge in [0.05, 0.1) is 19.3 Å². The van der Waals surface area contributed by atoms with E-state index >= 15 is 0 Å². The van der Waals surface area contributed by atoms with Crippen molar-refractivity contribution in [2.45, 2.75) is 25.2 Å². The van der Waals surface area contributed by atoms with E-state index in [9.17, 15) is 10.2 Å². The van der Waals surface area contributed by atoms with Gasteiger partial charge in [0.25, 0.3) is 0 Å². The van der Waals surface area contributed by atoms with Crippen molar-refractivity contribution in [3.8, 4) is 0 Å². The van der Waals surface area contributed by atoms with Gasteiger partial charge < -0.3 is 20.1 Å². The molecule has 1 heterocycles. The predicted molar refractivity (Wildman–Crippen MR) is 38.0 cm³/mol. The van der Waals surface area contributed by atoms with E-state index in [0.717, 1.165) is 0 Å². The second-order valence-electron chi connectivity index (χ2n) is 3.01. The molecule has 0 aromatic carbocycles. The Morgan fingerprint density at radius 1 is 1.36 bits per heavy atom. The lowest BCUT2D eigenvalue weighted by Gasteiger charge is -2.35. The summed E-state index contributed by atoms with van der Waals surface area (Å²) in [5.41, 5.74) is 0. The lowest BCUT2D eigenvalue weighted by atomic mass is 9.94. The predicted octanol–water partition coefficient (Wildman–Crippen LogP) is -1.26. The maximum atomic E-state index is 9.31. The zero-order valence-corrected chi connectivity index (χ0v) is 6.47. The molecule has 4 heteroatoms. The third-order valence-electron chi connectivity index (χ3n) is 2.07. The molecule has 4 nitrogen and oxygen atoms in total. The van der Waals surface area contributed by atoms with Gasteiger partial charge >= 0.3 is 0 Å². The van der Waals surface area contributed by atoms with Gasteiger partial charge in [0, 0.05) is 5.92 Å². The molecule has 4 atom stereocenters. The van der Waals surface area contributed by atoms with Gasteiger partial charge in [-0.15, -0.1) is 0 Å². The standard InChI is InChI=1S/C7H14O4/c1-4-3-11-5(2-8)7(10)6(4)9/h4-10H,2-3H2,1H3/t4?,5?,6?,7-/m0/s1. The molecule has 0 saturated carbocycles.